The van der Waals surface area contributed by atoms with Crippen LogP contribution in [0.25, 0.3) is 0 Å². The summed E-state index contributed by atoms with van der Waals surface area (Å²) in [7, 11) is 0. The number of nitrogens with zero attached hydrogens (tertiary/aromatic N) is 1. The molecule has 0 aromatic heterocycles. The number of alkyl halides is 2. The van der Waals surface area contributed by atoms with Crippen LogP contribution in [-0.2, 0) is 19.1 Å². The molecule has 1 heterocycles. The fourth-order valence-electron chi connectivity index (χ4n) is 5.66. The van der Waals surface area contributed by atoms with Gasteiger partial charge in [0.1, 0.15) is 0 Å². The maximum atomic E-state index is 13.2. The SMILES string of the molecule is Cc1cccc(NC(=O)COC(=O)c2cccc(N3C(=O)[C@@H]4[C@H]5C[C@@H]([C@H](Cl)[C@H]5Cl)[C@@H]4C3=O)c2)c1C. The first kappa shape index (κ1) is 23.8. The monoisotopic (exact) mass is 514 g/mol. The van der Waals surface area contributed by atoms with Crippen LogP contribution < -0.4 is 10.2 Å². The summed E-state index contributed by atoms with van der Waals surface area (Å²) in [5, 5.41) is 2.06. The minimum Gasteiger partial charge on any atom is -0.452 e. The van der Waals surface area contributed by atoms with E-state index in [-0.39, 0.29) is 40.0 Å². The number of anilines is 2. The maximum absolute atomic E-state index is 13.2. The standard InChI is InChI=1S/C26H24Cl2N2O5/c1-12-5-3-8-18(13(12)2)29-19(31)11-35-26(34)14-6-4-7-15(9-14)30-24(32)20-16-10-17(21(20)25(30)33)23(28)22(16)27/h3-9,16-17,20-23H,10-11H2,1-2H3,(H,29,31)/t16-,17-,20-,21+,22+,23+/m1/s1. The van der Waals surface area contributed by atoms with E-state index in [4.69, 9.17) is 27.9 Å². The van der Waals surface area contributed by atoms with Crippen LogP contribution in [0.4, 0.5) is 11.4 Å². The van der Waals surface area contributed by atoms with Gasteiger partial charge in [-0.2, -0.15) is 0 Å². The average molecular weight is 515 g/mol. The molecule has 2 saturated carbocycles. The van der Waals surface area contributed by atoms with Crippen LogP contribution in [0.1, 0.15) is 27.9 Å². The molecule has 5 rings (SSSR count). The molecular weight excluding hydrogens is 491 g/mol. The number of imide groups is 1. The second-order valence-corrected chi connectivity index (χ2v) is 10.4. The minimum atomic E-state index is -0.732. The van der Waals surface area contributed by atoms with Gasteiger partial charge in [-0.25, -0.2) is 4.79 Å². The molecule has 2 aliphatic carbocycles. The third-order valence-electron chi connectivity index (χ3n) is 7.54. The smallest absolute Gasteiger partial charge is 0.338 e. The number of fused-ring (bicyclic) bond motifs is 5. The molecule has 1 saturated heterocycles. The average Bonchev–Trinajstić information content (AvgIpc) is 3.45. The Hall–Kier alpha value is -2.90. The number of benzene rings is 2. The van der Waals surface area contributed by atoms with Gasteiger partial charge in [-0.15, -0.1) is 23.2 Å². The van der Waals surface area contributed by atoms with Gasteiger partial charge in [0, 0.05) is 5.69 Å². The van der Waals surface area contributed by atoms with Crippen LogP contribution >= 0.6 is 23.2 Å². The van der Waals surface area contributed by atoms with Crippen molar-refractivity contribution < 1.29 is 23.9 Å². The topological polar surface area (TPSA) is 92.8 Å². The molecule has 3 fully saturated rings. The van der Waals surface area contributed by atoms with Crippen LogP contribution in [0.2, 0.25) is 0 Å². The highest BCUT2D eigenvalue weighted by Gasteiger charge is 2.66. The lowest BCUT2D eigenvalue weighted by Crippen LogP contribution is -2.37. The third kappa shape index (κ3) is 3.91. The summed E-state index contributed by atoms with van der Waals surface area (Å²) >= 11 is 12.8. The second-order valence-electron chi connectivity index (χ2n) is 9.44. The van der Waals surface area contributed by atoms with Crippen LogP contribution in [-0.4, -0.2) is 41.1 Å². The Morgan fingerprint density at radius 3 is 2.29 bits per heavy atom. The number of hydrogen-bond donors (Lipinski definition) is 1. The molecule has 0 radical (unpaired) electrons. The fraction of sp³-hybridized carbons (Fsp3) is 0.385. The summed E-state index contributed by atoms with van der Waals surface area (Å²) in [5.41, 5.74) is 3.03. The van der Waals surface area contributed by atoms with Gasteiger partial charge in [-0.3, -0.25) is 19.3 Å². The van der Waals surface area contributed by atoms with E-state index in [0.717, 1.165) is 16.0 Å². The lowest BCUT2D eigenvalue weighted by Gasteiger charge is -2.28. The molecular formula is C26H24Cl2N2O5. The van der Waals surface area contributed by atoms with Gasteiger partial charge in [-0.05, 0) is 67.5 Å². The Balaban J connectivity index is 1.27. The summed E-state index contributed by atoms with van der Waals surface area (Å²) in [6, 6.07) is 11.6. The van der Waals surface area contributed by atoms with E-state index in [1.807, 2.05) is 26.0 Å². The zero-order valence-electron chi connectivity index (χ0n) is 19.2. The summed E-state index contributed by atoms with van der Waals surface area (Å²) in [4.78, 5) is 52.4. The Morgan fingerprint density at radius 1 is 1.00 bits per heavy atom. The van der Waals surface area contributed by atoms with Crippen LogP contribution in [0.3, 0.4) is 0 Å². The zero-order valence-corrected chi connectivity index (χ0v) is 20.7. The van der Waals surface area contributed by atoms with Crippen molar-refractivity contribution in [2.75, 3.05) is 16.8 Å². The molecule has 2 bridgehead atoms. The highest BCUT2D eigenvalue weighted by Crippen LogP contribution is 2.59. The number of nitrogens with one attached hydrogen (secondary N) is 1. The Labute approximate surface area is 212 Å². The molecule has 2 aromatic rings. The minimum absolute atomic E-state index is 0.126. The molecule has 0 unspecified atom stereocenters. The summed E-state index contributed by atoms with van der Waals surface area (Å²) < 4.78 is 5.18. The van der Waals surface area contributed by atoms with E-state index in [1.54, 1.807) is 18.2 Å². The number of rotatable bonds is 5. The molecule has 1 aliphatic heterocycles. The zero-order chi connectivity index (χ0) is 25.0. The maximum Gasteiger partial charge on any atom is 0.338 e. The van der Waals surface area contributed by atoms with Crippen molar-refractivity contribution in [3.05, 3.63) is 59.2 Å². The molecule has 3 aliphatic rings. The van der Waals surface area contributed by atoms with Crippen molar-refractivity contribution >= 4 is 58.3 Å². The lowest BCUT2D eigenvalue weighted by molar-refractivity contribution is -0.123. The largest absolute Gasteiger partial charge is 0.452 e. The number of ether oxygens (including phenoxy) is 1. The third-order valence-corrected chi connectivity index (χ3v) is 8.86. The molecule has 182 valence electrons. The van der Waals surface area contributed by atoms with Gasteiger partial charge in [0.05, 0.1) is 33.8 Å². The summed E-state index contributed by atoms with van der Waals surface area (Å²) in [6.07, 6.45) is 0.680. The first-order chi connectivity index (χ1) is 16.7. The van der Waals surface area contributed by atoms with Crippen molar-refractivity contribution in [2.24, 2.45) is 23.7 Å². The van der Waals surface area contributed by atoms with Crippen molar-refractivity contribution in [1.82, 2.24) is 0 Å². The van der Waals surface area contributed by atoms with Gasteiger partial charge < -0.3 is 10.1 Å². The summed E-state index contributed by atoms with van der Waals surface area (Å²) in [5.74, 6) is -3.02. The number of carbonyl (C=O) groups is 4. The van der Waals surface area contributed by atoms with Crippen molar-refractivity contribution in [3.63, 3.8) is 0 Å². The number of aryl methyl sites for hydroxylation is 1. The predicted octanol–water partition coefficient (Wildman–Crippen LogP) is 4.07. The van der Waals surface area contributed by atoms with Gasteiger partial charge in [-0.1, -0.05) is 18.2 Å². The number of esters is 1. The Kier molecular flexibility index (Phi) is 6.09. The number of halogens is 2. The highest BCUT2D eigenvalue weighted by atomic mass is 35.5. The van der Waals surface area contributed by atoms with Gasteiger partial charge in [0.15, 0.2) is 6.61 Å². The first-order valence-electron chi connectivity index (χ1n) is 11.5. The van der Waals surface area contributed by atoms with Gasteiger partial charge >= 0.3 is 5.97 Å². The van der Waals surface area contributed by atoms with Crippen LogP contribution in [0, 0.1) is 37.5 Å². The molecule has 1 N–H and O–H groups in total. The van der Waals surface area contributed by atoms with Gasteiger partial charge in [0.2, 0.25) is 11.8 Å². The van der Waals surface area contributed by atoms with E-state index >= 15 is 0 Å². The molecule has 9 heteroatoms. The first-order valence-corrected chi connectivity index (χ1v) is 12.4. The number of carbonyl (C=O) groups excluding carboxylic acids is 4. The predicted molar refractivity (Wildman–Crippen MR) is 132 cm³/mol. The molecule has 0 spiro atoms. The van der Waals surface area contributed by atoms with Crippen molar-refractivity contribution in [1.29, 1.82) is 0 Å². The van der Waals surface area contributed by atoms with E-state index in [1.165, 1.54) is 12.1 Å². The number of amides is 3. The second kappa shape index (κ2) is 8.95. The van der Waals surface area contributed by atoms with Crippen LogP contribution in [0.5, 0.6) is 0 Å². The van der Waals surface area contributed by atoms with Gasteiger partial charge in [0.25, 0.3) is 5.91 Å². The van der Waals surface area contributed by atoms with E-state index in [9.17, 15) is 19.2 Å². The molecule has 35 heavy (non-hydrogen) atoms. The molecule has 2 aromatic carbocycles. The van der Waals surface area contributed by atoms with E-state index in [2.05, 4.69) is 5.32 Å². The highest BCUT2D eigenvalue weighted by molar-refractivity contribution is 6.32. The Bertz CT molecular complexity index is 1220. The molecule has 6 atom stereocenters. The summed E-state index contributed by atoms with van der Waals surface area (Å²) in [6.45, 7) is 3.36. The van der Waals surface area contributed by atoms with Crippen LogP contribution in [0.15, 0.2) is 42.5 Å². The molecule has 3 amide bonds. The lowest BCUT2D eigenvalue weighted by atomic mass is 9.80. The fourth-order valence-corrected chi connectivity index (χ4v) is 6.56. The quantitative estimate of drug-likeness (QED) is 0.368. The van der Waals surface area contributed by atoms with E-state index < -0.39 is 30.3 Å². The Morgan fingerprint density at radius 2 is 1.63 bits per heavy atom. The molecule has 7 nitrogen and oxygen atoms in total. The van der Waals surface area contributed by atoms with E-state index in [0.29, 0.717) is 17.8 Å². The van der Waals surface area contributed by atoms with Crippen molar-refractivity contribution in [3.8, 4) is 0 Å². The van der Waals surface area contributed by atoms with Crippen molar-refractivity contribution in [2.45, 2.75) is 31.0 Å². The number of hydrogen-bond acceptors (Lipinski definition) is 5. The normalized spacial score (nSPS) is 28.9.